The largest absolute Gasteiger partial charge is 0.394 e. The van der Waals surface area contributed by atoms with Crippen LogP contribution in [0.5, 0.6) is 0 Å². The van der Waals surface area contributed by atoms with Crippen molar-refractivity contribution in [3.63, 3.8) is 0 Å². The molecule has 1 aliphatic rings. The van der Waals surface area contributed by atoms with E-state index in [1.165, 1.54) is 11.3 Å². The number of rotatable bonds is 3. The SMILES string of the molecule is Cc1cccc(CN)c1N1CC(CO)OC(C)(C)C1. The summed E-state index contributed by atoms with van der Waals surface area (Å²) >= 11 is 0. The third-order valence-corrected chi connectivity index (χ3v) is 3.54. The van der Waals surface area contributed by atoms with Gasteiger partial charge in [0.05, 0.1) is 18.3 Å². The molecule has 0 spiro atoms. The Balaban J connectivity index is 2.35. The monoisotopic (exact) mass is 264 g/mol. The van der Waals surface area contributed by atoms with E-state index in [2.05, 4.69) is 37.8 Å². The molecule has 1 unspecified atom stereocenters. The lowest BCUT2D eigenvalue weighted by Gasteiger charge is -2.44. The first-order chi connectivity index (χ1) is 8.96. The van der Waals surface area contributed by atoms with Gasteiger partial charge in [0.1, 0.15) is 0 Å². The van der Waals surface area contributed by atoms with E-state index in [1.807, 2.05) is 6.07 Å². The maximum atomic E-state index is 9.41. The Kier molecular flexibility index (Phi) is 4.13. The minimum Gasteiger partial charge on any atom is -0.394 e. The van der Waals surface area contributed by atoms with Crippen molar-refractivity contribution in [3.8, 4) is 0 Å². The molecule has 2 rings (SSSR count). The van der Waals surface area contributed by atoms with Gasteiger partial charge in [0.25, 0.3) is 0 Å². The van der Waals surface area contributed by atoms with Gasteiger partial charge in [-0.25, -0.2) is 0 Å². The third-order valence-electron chi connectivity index (χ3n) is 3.54. The van der Waals surface area contributed by atoms with Gasteiger partial charge < -0.3 is 20.5 Å². The number of nitrogens with two attached hydrogens (primary N) is 1. The molecular formula is C15H24N2O2. The van der Waals surface area contributed by atoms with E-state index in [1.54, 1.807) is 0 Å². The van der Waals surface area contributed by atoms with Gasteiger partial charge in [0, 0.05) is 25.3 Å². The lowest BCUT2D eigenvalue weighted by molar-refractivity contribution is -0.101. The summed E-state index contributed by atoms with van der Waals surface area (Å²) in [6.45, 7) is 8.30. The normalized spacial score (nSPS) is 22.6. The van der Waals surface area contributed by atoms with Crippen LogP contribution in [0.1, 0.15) is 25.0 Å². The van der Waals surface area contributed by atoms with Crippen molar-refractivity contribution in [2.75, 3.05) is 24.6 Å². The smallest absolute Gasteiger partial charge is 0.0988 e. The highest BCUT2D eigenvalue weighted by atomic mass is 16.5. The first kappa shape index (κ1) is 14.3. The van der Waals surface area contributed by atoms with Crippen molar-refractivity contribution in [2.24, 2.45) is 5.73 Å². The molecule has 4 nitrogen and oxygen atoms in total. The number of ether oxygens (including phenoxy) is 1. The molecule has 0 aromatic heterocycles. The summed E-state index contributed by atoms with van der Waals surface area (Å²) in [6, 6.07) is 6.21. The molecule has 1 atom stereocenters. The molecule has 1 aromatic carbocycles. The summed E-state index contributed by atoms with van der Waals surface area (Å²) in [5.41, 5.74) is 9.15. The summed E-state index contributed by atoms with van der Waals surface area (Å²) in [4.78, 5) is 2.29. The summed E-state index contributed by atoms with van der Waals surface area (Å²) in [5.74, 6) is 0. The van der Waals surface area contributed by atoms with Crippen molar-refractivity contribution in [1.82, 2.24) is 0 Å². The number of aliphatic hydroxyl groups is 1. The van der Waals surface area contributed by atoms with Gasteiger partial charge in [-0.1, -0.05) is 18.2 Å². The number of aliphatic hydroxyl groups excluding tert-OH is 1. The average Bonchev–Trinajstić information content (AvgIpc) is 2.36. The fraction of sp³-hybridized carbons (Fsp3) is 0.600. The highest BCUT2D eigenvalue weighted by Crippen LogP contribution is 2.31. The topological polar surface area (TPSA) is 58.7 Å². The van der Waals surface area contributed by atoms with Crippen molar-refractivity contribution >= 4 is 5.69 Å². The van der Waals surface area contributed by atoms with E-state index in [4.69, 9.17) is 10.5 Å². The van der Waals surface area contributed by atoms with E-state index in [0.717, 1.165) is 12.1 Å². The fourth-order valence-corrected chi connectivity index (χ4v) is 2.90. The summed E-state index contributed by atoms with van der Waals surface area (Å²) in [5, 5.41) is 9.41. The van der Waals surface area contributed by atoms with Gasteiger partial charge in [-0.05, 0) is 31.9 Å². The molecule has 106 valence electrons. The molecule has 0 bridgehead atoms. The van der Waals surface area contributed by atoms with Crippen LogP contribution in [0.2, 0.25) is 0 Å². The van der Waals surface area contributed by atoms with Gasteiger partial charge in [-0.2, -0.15) is 0 Å². The van der Waals surface area contributed by atoms with Crippen molar-refractivity contribution in [2.45, 2.75) is 39.0 Å². The van der Waals surface area contributed by atoms with Gasteiger partial charge in [0.15, 0.2) is 0 Å². The Hall–Kier alpha value is -1.10. The Morgan fingerprint density at radius 3 is 2.84 bits per heavy atom. The van der Waals surface area contributed by atoms with Gasteiger partial charge in [-0.15, -0.1) is 0 Å². The molecule has 1 heterocycles. The van der Waals surface area contributed by atoms with Crippen LogP contribution in [-0.4, -0.2) is 36.5 Å². The van der Waals surface area contributed by atoms with Crippen LogP contribution in [-0.2, 0) is 11.3 Å². The van der Waals surface area contributed by atoms with Crippen molar-refractivity contribution in [3.05, 3.63) is 29.3 Å². The molecule has 0 amide bonds. The zero-order chi connectivity index (χ0) is 14.0. The predicted octanol–water partition coefficient (Wildman–Crippen LogP) is 1.43. The van der Waals surface area contributed by atoms with Crippen molar-refractivity contribution in [1.29, 1.82) is 0 Å². The second-order valence-electron chi connectivity index (χ2n) is 5.85. The number of hydrogen-bond donors (Lipinski definition) is 2. The first-order valence-corrected chi connectivity index (χ1v) is 6.79. The van der Waals surface area contributed by atoms with Crippen LogP contribution >= 0.6 is 0 Å². The molecule has 1 saturated heterocycles. The molecule has 1 aromatic rings. The van der Waals surface area contributed by atoms with E-state index < -0.39 is 0 Å². The second kappa shape index (κ2) is 5.49. The molecule has 1 fully saturated rings. The first-order valence-electron chi connectivity index (χ1n) is 6.79. The number of benzene rings is 1. The Labute approximate surface area is 115 Å². The minimum absolute atomic E-state index is 0.0454. The number of para-hydroxylation sites is 1. The number of hydrogen-bond acceptors (Lipinski definition) is 4. The number of anilines is 1. The molecule has 3 N–H and O–H groups in total. The van der Waals surface area contributed by atoms with Crippen molar-refractivity contribution < 1.29 is 9.84 Å². The van der Waals surface area contributed by atoms with Crippen LogP contribution in [0.15, 0.2) is 18.2 Å². The van der Waals surface area contributed by atoms with Crippen LogP contribution in [0, 0.1) is 6.92 Å². The highest BCUT2D eigenvalue weighted by molar-refractivity contribution is 5.60. The molecule has 19 heavy (non-hydrogen) atoms. The molecule has 0 saturated carbocycles. The lowest BCUT2D eigenvalue weighted by Crippen LogP contribution is -2.54. The lowest BCUT2D eigenvalue weighted by atomic mass is 10.0. The van der Waals surface area contributed by atoms with Crippen LogP contribution in [0.3, 0.4) is 0 Å². The number of aryl methyl sites for hydroxylation is 1. The quantitative estimate of drug-likeness (QED) is 0.867. The summed E-state index contributed by atoms with van der Waals surface area (Å²) in [6.07, 6.45) is -0.144. The highest BCUT2D eigenvalue weighted by Gasteiger charge is 2.34. The van der Waals surface area contributed by atoms with Gasteiger partial charge in [-0.3, -0.25) is 0 Å². The minimum atomic E-state index is -0.264. The number of morpholine rings is 1. The van der Waals surface area contributed by atoms with Crippen LogP contribution < -0.4 is 10.6 Å². The zero-order valence-corrected chi connectivity index (χ0v) is 12.0. The second-order valence-corrected chi connectivity index (χ2v) is 5.85. The molecule has 4 heteroatoms. The van der Waals surface area contributed by atoms with E-state index in [-0.39, 0.29) is 18.3 Å². The van der Waals surface area contributed by atoms with Gasteiger partial charge >= 0.3 is 0 Å². The van der Waals surface area contributed by atoms with E-state index >= 15 is 0 Å². The Bertz CT molecular complexity index is 446. The van der Waals surface area contributed by atoms with Crippen LogP contribution in [0.25, 0.3) is 0 Å². The maximum Gasteiger partial charge on any atom is 0.0988 e. The van der Waals surface area contributed by atoms with E-state index in [0.29, 0.717) is 13.1 Å². The fourth-order valence-electron chi connectivity index (χ4n) is 2.90. The standard InChI is InChI=1S/C15H24N2O2/c1-11-5-4-6-12(7-16)14(11)17-8-13(9-18)19-15(2,3)10-17/h4-6,13,18H,7-10,16H2,1-3H3. The third kappa shape index (κ3) is 3.08. The predicted molar refractivity (Wildman–Crippen MR) is 77.3 cm³/mol. The van der Waals surface area contributed by atoms with Gasteiger partial charge in [0.2, 0.25) is 0 Å². The molecule has 0 radical (unpaired) electrons. The Morgan fingerprint density at radius 2 is 2.21 bits per heavy atom. The average molecular weight is 264 g/mol. The van der Waals surface area contributed by atoms with E-state index in [9.17, 15) is 5.11 Å². The summed E-state index contributed by atoms with van der Waals surface area (Å²) in [7, 11) is 0. The molecule has 1 aliphatic heterocycles. The number of nitrogens with zero attached hydrogens (tertiary/aromatic N) is 1. The Morgan fingerprint density at radius 1 is 1.47 bits per heavy atom. The van der Waals surface area contributed by atoms with Crippen LogP contribution in [0.4, 0.5) is 5.69 Å². The maximum absolute atomic E-state index is 9.41. The summed E-state index contributed by atoms with van der Waals surface area (Å²) < 4.78 is 5.87. The zero-order valence-electron chi connectivity index (χ0n) is 12.0. The molecule has 0 aliphatic carbocycles. The molecular weight excluding hydrogens is 240 g/mol.